The number of nitrogens with one attached hydrogen (secondary N) is 1. The van der Waals surface area contributed by atoms with Crippen LogP contribution in [0.5, 0.6) is 11.5 Å². The lowest BCUT2D eigenvalue weighted by atomic mass is 10.1. The van der Waals surface area contributed by atoms with E-state index in [1.807, 2.05) is 49.3 Å². The Kier molecular flexibility index (Phi) is 6.39. The van der Waals surface area contributed by atoms with Gasteiger partial charge in [0.1, 0.15) is 11.5 Å². The van der Waals surface area contributed by atoms with E-state index < -0.39 is 6.10 Å². The Bertz CT molecular complexity index is 880. The molecule has 154 valence electrons. The van der Waals surface area contributed by atoms with Crippen molar-refractivity contribution < 1.29 is 19.1 Å². The van der Waals surface area contributed by atoms with Crippen LogP contribution in [-0.2, 0) is 16.0 Å². The monoisotopic (exact) mass is 397 g/mol. The van der Waals surface area contributed by atoms with Crippen molar-refractivity contribution in [2.45, 2.75) is 19.4 Å². The SMILES string of the molecule is COc1ccc(CC(=O)Nc2ccc3c(c2)OC(C)C(=O)N3CCN(C)C)cc1. The van der Waals surface area contributed by atoms with E-state index in [-0.39, 0.29) is 18.2 Å². The first-order valence-corrected chi connectivity index (χ1v) is 9.57. The molecule has 1 N–H and O–H groups in total. The van der Waals surface area contributed by atoms with Crippen LogP contribution in [0.25, 0.3) is 0 Å². The molecule has 3 rings (SSSR count). The summed E-state index contributed by atoms with van der Waals surface area (Å²) in [5.41, 5.74) is 2.26. The number of methoxy groups -OCH3 is 1. The number of amides is 2. The Morgan fingerprint density at radius 2 is 1.93 bits per heavy atom. The van der Waals surface area contributed by atoms with Gasteiger partial charge in [0.2, 0.25) is 5.91 Å². The molecule has 2 amide bonds. The van der Waals surface area contributed by atoms with Crippen LogP contribution in [0, 0.1) is 0 Å². The van der Waals surface area contributed by atoms with Crippen LogP contribution in [0.15, 0.2) is 42.5 Å². The normalized spacial score (nSPS) is 15.7. The lowest BCUT2D eigenvalue weighted by molar-refractivity contribution is -0.125. The second kappa shape index (κ2) is 8.96. The van der Waals surface area contributed by atoms with E-state index in [4.69, 9.17) is 9.47 Å². The zero-order chi connectivity index (χ0) is 21.0. The Morgan fingerprint density at radius 3 is 2.59 bits per heavy atom. The molecule has 0 radical (unpaired) electrons. The van der Waals surface area contributed by atoms with Crippen LogP contribution in [0.4, 0.5) is 11.4 Å². The van der Waals surface area contributed by atoms with Gasteiger partial charge in [-0.1, -0.05) is 12.1 Å². The summed E-state index contributed by atoms with van der Waals surface area (Å²) in [5.74, 6) is 1.16. The maximum Gasteiger partial charge on any atom is 0.267 e. The van der Waals surface area contributed by atoms with Crippen LogP contribution < -0.4 is 19.7 Å². The fraction of sp³-hybridized carbons (Fsp3) is 0.364. The van der Waals surface area contributed by atoms with Gasteiger partial charge in [0, 0.05) is 24.8 Å². The van der Waals surface area contributed by atoms with Gasteiger partial charge in [-0.3, -0.25) is 9.59 Å². The van der Waals surface area contributed by atoms with E-state index in [1.54, 1.807) is 31.1 Å². The minimum Gasteiger partial charge on any atom is -0.497 e. The largest absolute Gasteiger partial charge is 0.497 e. The molecule has 1 aliphatic heterocycles. The molecule has 7 heteroatoms. The van der Waals surface area contributed by atoms with E-state index in [0.717, 1.165) is 23.5 Å². The van der Waals surface area contributed by atoms with Gasteiger partial charge in [0.25, 0.3) is 5.91 Å². The van der Waals surface area contributed by atoms with Gasteiger partial charge < -0.3 is 24.6 Å². The molecule has 0 spiro atoms. The number of hydrogen-bond donors (Lipinski definition) is 1. The first-order chi connectivity index (χ1) is 13.9. The number of benzene rings is 2. The van der Waals surface area contributed by atoms with Gasteiger partial charge >= 0.3 is 0 Å². The van der Waals surface area contributed by atoms with Crippen molar-refractivity contribution >= 4 is 23.2 Å². The average Bonchev–Trinajstić information content (AvgIpc) is 2.68. The number of ether oxygens (including phenoxy) is 2. The Hall–Kier alpha value is -3.06. The van der Waals surface area contributed by atoms with Gasteiger partial charge in [0.05, 0.1) is 19.2 Å². The number of rotatable bonds is 7. The van der Waals surface area contributed by atoms with Gasteiger partial charge in [-0.2, -0.15) is 0 Å². The van der Waals surface area contributed by atoms with Gasteiger partial charge in [-0.15, -0.1) is 0 Å². The van der Waals surface area contributed by atoms with Crippen molar-refractivity contribution in [1.82, 2.24) is 4.90 Å². The number of anilines is 2. The highest BCUT2D eigenvalue weighted by Crippen LogP contribution is 2.36. The molecule has 1 atom stereocenters. The van der Waals surface area contributed by atoms with E-state index >= 15 is 0 Å². The molecule has 7 nitrogen and oxygen atoms in total. The first-order valence-electron chi connectivity index (χ1n) is 9.57. The summed E-state index contributed by atoms with van der Waals surface area (Å²) in [4.78, 5) is 28.7. The highest BCUT2D eigenvalue weighted by atomic mass is 16.5. The number of nitrogens with zero attached hydrogens (tertiary/aromatic N) is 2. The lowest BCUT2D eigenvalue weighted by Gasteiger charge is -2.34. The second-order valence-corrected chi connectivity index (χ2v) is 7.31. The molecule has 0 saturated carbocycles. The first kappa shape index (κ1) is 20.7. The Morgan fingerprint density at radius 1 is 1.21 bits per heavy atom. The van der Waals surface area contributed by atoms with Crippen molar-refractivity contribution in [2.24, 2.45) is 0 Å². The fourth-order valence-corrected chi connectivity index (χ4v) is 3.15. The Labute approximate surface area is 171 Å². The molecule has 2 aromatic rings. The highest BCUT2D eigenvalue weighted by molar-refractivity contribution is 6.00. The van der Waals surface area contributed by atoms with Gasteiger partial charge in [-0.25, -0.2) is 0 Å². The quantitative estimate of drug-likeness (QED) is 0.778. The molecular weight excluding hydrogens is 370 g/mol. The maximum absolute atomic E-state index is 12.5. The molecule has 0 bridgehead atoms. The number of fused-ring (bicyclic) bond motifs is 1. The molecule has 0 fully saturated rings. The van der Waals surface area contributed by atoms with Crippen molar-refractivity contribution in [3.8, 4) is 11.5 Å². The summed E-state index contributed by atoms with van der Waals surface area (Å²) in [5, 5.41) is 2.90. The van der Waals surface area contributed by atoms with E-state index in [9.17, 15) is 9.59 Å². The lowest BCUT2D eigenvalue weighted by Crippen LogP contribution is -2.46. The molecule has 0 aromatic heterocycles. The topological polar surface area (TPSA) is 71.1 Å². The van der Waals surface area contributed by atoms with Crippen LogP contribution >= 0.6 is 0 Å². The standard InChI is InChI=1S/C22H27N3O4/c1-15-22(27)25(12-11-24(2)3)19-10-7-17(14-20(19)29-15)23-21(26)13-16-5-8-18(28-4)9-6-16/h5-10,14-15H,11-13H2,1-4H3,(H,23,26). The zero-order valence-electron chi connectivity index (χ0n) is 17.3. The minimum atomic E-state index is -0.560. The van der Waals surface area contributed by atoms with E-state index in [0.29, 0.717) is 18.0 Å². The number of likely N-dealkylation sites (N-methyl/N-ethyl adjacent to an activating group) is 1. The minimum absolute atomic E-state index is 0.0596. The van der Waals surface area contributed by atoms with Crippen molar-refractivity contribution in [1.29, 1.82) is 0 Å². The van der Waals surface area contributed by atoms with Crippen molar-refractivity contribution in [2.75, 3.05) is 44.5 Å². The third-order valence-corrected chi connectivity index (χ3v) is 4.75. The van der Waals surface area contributed by atoms with E-state index in [2.05, 4.69) is 5.32 Å². The van der Waals surface area contributed by atoms with Crippen LogP contribution in [0.1, 0.15) is 12.5 Å². The summed E-state index contributed by atoms with van der Waals surface area (Å²) in [7, 11) is 5.54. The Balaban J connectivity index is 1.71. The van der Waals surface area contributed by atoms with Crippen molar-refractivity contribution in [3.05, 3.63) is 48.0 Å². The van der Waals surface area contributed by atoms with E-state index in [1.165, 1.54) is 0 Å². The maximum atomic E-state index is 12.5. The predicted octanol–water partition coefficient (Wildman–Crippen LogP) is 2.55. The van der Waals surface area contributed by atoms with Crippen LogP contribution in [0.2, 0.25) is 0 Å². The van der Waals surface area contributed by atoms with Crippen molar-refractivity contribution in [3.63, 3.8) is 0 Å². The van der Waals surface area contributed by atoms with Crippen LogP contribution in [0.3, 0.4) is 0 Å². The van der Waals surface area contributed by atoms with Gasteiger partial charge in [0.15, 0.2) is 6.10 Å². The molecule has 2 aromatic carbocycles. The third kappa shape index (κ3) is 5.06. The molecule has 0 aliphatic carbocycles. The number of carbonyl (C=O) groups excluding carboxylic acids is 2. The molecule has 1 unspecified atom stereocenters. The summed E-state index contributed by atoms with van der Waals surface area (Å²) < 4.78 is 10.9. The molecule has 0 saturated heterocycles. The number of carbonyl (C=O) groups is 2. The molecular formula is C22H27N3O4. The highest BCUT2D eigenvalue weighted by Gasteiger charge is 2.31. The summed E-state index contributed by atoms with van der Waals surface area (Å²) in [6.07, 6.45) is -0.305. The smallest absolute Gasteiger partial charge is 0.267 e. The summed E-state index contributed by atoms with van der Waals surface area (Å²) in [6.45, 7) is 3.07. The molecule has 1 heterocycles. The predicted molar refractivity (Wildman–Crippen MR) is 113 cm³/mol. The van der Waals surface area contributed by atoms with Crippen LogP contribution in [-0.4, -0.2) is 57.1 Å². The molecule has 1 aliphatic rings. The zero-order valence-corrected chi connectivity index (χ0v) is 17.3. The number of hydrogen-bond acceptors (Lipinski definition) is 5. The molecule has 29 heavy (non-hydrogen) atoms. The fourth-order valence-electron chi connectivity index (χ4n) is 3.15. The van der Waals surface area contributed by atoms with Gasteiger partial charge in [-0.05, 0) is 50.8 Å². The summed E-state index contributed by atoms with van der Waals surface area (Å²) >= 11 is 0. The third-order valence-electron chi connectivity index (χ3n) is 4.75. The average molecular weight is 397 g/mol. The second-order valence-electron chi connectivity index (χ2n) is 7.31. The summed E-state index contributed by atoms with van der Waals surface area (Å²) in [6, 6.07) is 12.8.